The summed E-state index contributed by atoms with van der Waals surface area (Å²) in [5, 5.41) is 0. The van der Waals surface area contributed by atoms with Crippen molar-refractivity contribution in [1.29, 1.82) is 0 Å². The summed E-state index contributed by atoms with van der Waals surface area (Å²) in [7, 11) is -1.09. The van der Waals surface area contributed by atoms with E-state index in [-0.39, 0.29) is 0 Å². The maximum absolute atomic E-state index is 2.51. The fraction of sp³-hybridized carbons (Fsp3) is 1.00. The molecule has 128 valence electrons. The van der Waals surface area contributed by atoms with E-state index in [1.54, 1.807) is 102 Å². The lowest BCUT2D eigenvalue weighted by molar-refractivity contribution is 0.412. The van der Waals surface area contributed by atoms with Gasteiger partial charge in [0.2, 0.25) is 0 Å². The maximum Gasteiger partial charge on any atom is 0.0629 e. The molecule has 0 heterocycles. The summed E-state index contributed by atoms with van der Waals surface area (Å²) in [5.74, 6) is 0. The Kier molecular flexibility index (Phi) is 6.48. The molecule has 0 saturated heterocycles. The third-order valence-electron chi connectivity index (χ3n) is 7.78. The van der Waals surface area contributed by atoms with Crippen LogP contribution in [0.4, 0.5) is 0 Å². The lowest BCUT2D eigenvalue weighted by Crippen LogP contribution is -2.50. The highest BCUT2D eigenvalue weighted by Gasteiger charge is 2.51. The first-order valence-electron chi connectivity index (χ1n) is 10.9. The lowest BCUT2D eigenvalue weighted by Gasteiger charge is -2.53. The van der Waals surface area contributed by atoms with Crippen molar-refractivity contribution in [2.75, 3.05) is 0 Å². The Labute approximate surface area is 140 Å². The van der Waals surface area contributed by atoms with Crippen LogP contribution in [0.25, 0.3) is 0 Å². The Morgan fingerprint density at radius 3 is 1.14 bits per heavy atom. The van der Waals surface area contributed by atoms with Crippen molar-refractivity contribution in [3.05, 3.63) is 0 Å². The van der Waals surface area contributed by atoms with E-state index >= 15 is 0 Å². The summed E-state index contributed by atoms with van der Waals surface area (Å²) in [6.07, 6.45) is 25.4. The SMILES string of the molecule is CCC[Si](C1CCCCC1)(C1CCCCC1)C1CCCCC1. The van der Waals surface area contributed by atoms with Gasteiger partial charge in [-0.2, -0.15) is 0 Å². The largest absolute Gasteiger partial charge is 0.0656 e. The van der Waals surface area contributed by atoms with Gasteiger partial charge >= 0.3 is 0 Å². The molecule has 3 aliphatic rings. The van der Waals surface area contributed by atoms with Crippen LogP contribution in [0.3, 0.4) is 0 Å². The van der Waals surface area contributed by atoms with E-state index in [1.807, 2.05) is 0 Å². The van der Waals surface area contributed by atoms with E-state index < -0.39 is 8.07 Å². The fourth-order valence-corrected chi connectivity index (χ4v) is 15.5. The lowest BCUT2D eigenvalue weighted by atomic mass is 9.98. The Morgan fingerprint density at radius 1 is 0.545 bits per heavy atom. The minimum Gasteiger partial charge on any atom is -0.0656 e. The summed E-state index contributed by atoms with van der Waals surface area (Å²) in [6, 6.07) is 1.70. The predicted octanol–water partition coefficient (Wildman–Crippen LogP) is 7.85. The first kappa shape index (κ1) is 17.1. The standard InChI is InChI=1S/C21H40Si/c1-2-18-22(19-12-6-3-7-13-19,20-14-8-4-9-15-20)21-16-10-5-11-17-21/h19-21H,2-18H2,1H3. The summed E-state index contributed by atoms with van der Waals surface area (Å²) in [5.41, 5.74) is 3.69. The van der Waals surface area contributed by atoms with Gasteiger partial charge in [-0.25, -0.2) is 0 Å². The van der Waals surface area contributed by atoms with E-state index in [1.165, 1.54) is 23.0 Å². The van der Waals surface area contributed by atoms with Gasteiger partial charge in [0.1, 0.15) is 0 Å². The highest BCUT2D eigenvalue weighted by atomic mass is 28.3. The molecule has 3 fully saturated rings. The van der Waals surface area contributed by atoms with Crippen molar-refractivity contribution >= 4 is 8.07 Å². The molecule has 0 aromatic heterocycles. The van der Waals surface area contributed by atoms with Crippen molar-refractivity contribution in [1.82, 2.24) is 0 Å². The molecule has 0 unspecified atom stereocenters. The van der Waals surface area contributed by atoms with Crippen LogP contribution >= 0.6 is 0 Å². The highest BCUT2D eigenvalue weighted by Crippen LogP contribution is 2.58. The van der Waals surface area contributed by atoms with E-state index in [2.05, 4.69) is 6.92 Å². The van der Waals surface area contributed by atoms with Crippen LogP contribution in [0.15, 0.2) is 0 Å². The van der Waals surface area contributed by atoms with E-state index in [4.69, 9.17) is 0 Å². The third kappa shape index (κ3) is 3.50. The van der Waals surface area contributed by atoms with Gasteiger partial charge in [-0.3, -0.25) is 0 Å². The molecule has 0 aromatic carbocycles. The van der Waals surface area contributed by atoms with Crippen LogP contribution in [-0.4, -0.2) is 8.07 Å². The van der Waals surface area contributed by atoms with Crippen LogP contribution in [0.1, 0.15) is 110 Å². The molecule has 22 heavy (non-hydrogen) atoms. The van der Waals surface area contributed by atoms with E-state index in [0.29, 0.717) is 0 Å². The number of hydrogen-bond acceptors (Lipinski definition) is 0. The molecule has 0 bridgehead atoms. The first-order valence-corrected chi connectivity index (χ1v) is 13.3. The van der Waals surface area contributed by atoms with Gasteiger partial charge in [0.05, 0.1) is 8.07 Å². The van der Waals surface area contributed by atoms with Crippen LogP contribution in [0.5, 0.6) is 0 Å². The molecule has 0 nitrogen and oxygen atoms in total. The average molecular weight is 321 g/mol. The van der Waals surface area contributed by atoms with Crippen LogP contribution in [-0.2, 0) is 0 Å². The molecular formula is C21H40Si. The van der Waals surface area contributed by atoms with Gasteiger partial charge in [-0.1, -0.05) is 116 Å². The molecule has 3 saturated carbocycles. The molecule has 0 radical (unpaired) electrons. The number of rotatable bonds is 5. The summed E-state index contributed by atoms with van der Waals surface area (Å²) in [6.45, 7) is 2.51. The van der Waals surface area contributed by atoms with Crippen molar-refractivity contribution in [2.45, 2.75) is 132 Å². The van der Waals surface area contributed by atoms with Gasteiger partial charge in [-0.05, 0) is 16.6 Å². The molecule has 3 aliphatic carbocycles. The second-order valence-corrected chi connectivity index (χ2v) is 14.0. The van der Waals surface area contributed by atoms with Crippen LogP contribution < -0.4 is 0 Å². The van der Waals surface area contributed by atoms with E-state index in [9.17, 15) is 0 Å². The summed E-state index contributed by atoms with van der Waals surface area (Å²) >= 11 is 0. The molecule has 0 aromatic rings. The Balaban J connectivity index is 1.88. The minimum atomic E-state index is -1.09. The topological polar surface area (TPSA) is 0 Å². The third-order valence-corrected chi connectivity index (χ3v) is 15.4. The quantitative estimate of drug-likeness (QED) is 0.452. The smallest absolute Gasteiger partial charge is 0.0629 e. The van der Waals surface area contributed by atoms with Crippen molar-refractivity contribution in [2.24, 2.45) is 0 Å². The van der Waals surface area contributed by atoms with Gasteiger partial charge in [0.25, 0.3) is 0 Å². The Hall–Kier alpha value is 0.217. The Morgan fingerprint density at radius 2 is 0.864 bits per heavy atom. The summed E-state index contributed by atoms with van der Waals surface area (Å²) < 4.78 is 0. The van der Waals surface area contributed by atoms with Gasteiger partial charge in [-0.15, -0.1) is 0 Å². The van der Waals surface area contributed by atoms with Gasteiger partial charge < -0.3 is 0 Å². The molecule has 3 rings (SSSR count). The summed E-state index contributed by atoms with van der Waals surface area (Å²) in [4.78, 5) is 0. The zero-order valence-electron chi connectivity index (χ0n) is 15.3. The monoisotopic (exact) mass is 320 g/mol. The Bertz CT molecular complexity index is 260. The molecule has 0 spiro atoms. The van der Waals surface area contributed by atoms with Crippen molar-refractivity contribution in [3.63, 3.8) is 0 Å². The van der Waals surface area contributed by atoms with Gasteiger partial charge in [0, 0.05) is 0 Å². The molecule has 0 N–H and O–H groups in total. The average Bonchev–Trinajstić information content (AvgIpc) is 2.62. The van der Waals surface area contributed by atoms with E-state index in [0.717, 1.165) is 0 Å². The van der Waals surface area contributed by atoms with Crippen LogP contribution in [0.2, 0.25) is 22.7 Å². The number of hydrogen-bond donors (Lipinski definition) is 0. The zero-order chi connectivity index (χ0) is 15.3. The zero-order valence-corrected chi connectivity index (χ0v) is 16.3. The first-order chi connectivity index (χ1) is 10.9. The second kappa shape index (κ2) is 8.35. The fourth-order valence-electron chi connectivity index (χ4n) is 6.97. The van der Waals surface area contributed by atoms with Crippen molar-refractivity contribution in [3.8, 4) is 0 Å². The predicted molar refractivity (Wildman–Crippen MR) is 101 cm³/mol. The highest BCUT2D eigenvalue weighted by molar-refractivity contribution is 6.84. The minimum absolute atomic E-state index is 1.09. The maximum atomic E-state index is 2.51. The molecule has 0 atom stereocenters. The molecule has 0 amide bonds. The van der Waals surface area contributed by atoms with Crippen molar-refractivity contribution < 1.29 is 0 Å². The molecular weight excluding hydrogens is 280 g/mol. The van der Waals surface area contributed by atoms with Gasteiger partial charge in [0.15, 0.2) is 0 Å². The van der Waals surface area contributed by atoms with Crippen LogP contribution in [0, 0.1) is 0 Å². The molecule has 0 aliphatic heterocycles. The second-order valence-electron chi connectivity index (χ2n) is 8.87. The molecule has 1 heteroatoms. The normalized spacial score (nSPS) is 27.1.